The summed E-state index contributed by atoms with van der Waals surface area (Å²) in [6.07, 6.45) is 2.20. The van der Waals surface area contributed by atoms with E-state index in [0.29, 0.717) is 21.1 Å². The van der Waals surface area contributed by atoms with Crippen LogP contribution in [0.2, 0.25) is 0 Å². The van der Waals surface area contributed by atoms with Crippen LogP contribution >= 0.6 is 27.3 Å². The highest BCUT2D eigenvalue weighted by Gasteiger charge is 2.37. The average Bonchev–Trinajstić information content (AvgIpc) is 2.82. The van der Waals surface area contributed by atoms with Crippen LogP contribution < -0.4 is 10.0 Å². The van der Waals surface area contributed by atoms with Crippen molar-refractivity contribution in [2.75, 3.05) is 26.7 Å². The lowest BCUT2D eigenvalue weighted by molar-refractivity contribution is 0.0827. The molecule has 1 atom stereocenters. The Morgan fingerprint density at radius 3 is 2.71 bits per heavy atom. The molecule has 2 bridgehead atoms. The Morgan fingerprint density at radius 1 is 1.43 bits per heavy atom. The summed E-state index contributed by atoms with van der Waals surface area (Å²) in [5.74, 6) is 0.485. The van der Waals surface area contributed by atoms with Crippen molar-refractivity contribution in [2.45, 2.75) is 30.3 Å². The highest BCUT2D eigenvalue weighted by molar-refractivity contribution is 9.11. The van der Waals surface area contributed by atoms with Crippen molar-refractivity contribution in [3.8, 4) is 0 Å². The minimum absolute atomic E-state index is 0.0528. The number of nitrogens with zero attached hydrogens (tertiary/aromatic N) is 1. The summed E-state index contributed by atoms with van der Waals surface area (Å²) in [5, 5.41) is 3.05. The van der Waals surface area contributed by atoms with E-state index in [-0.39, 0.29) is 6.04 Å². The van der Waals surface area contributed by atoms with E-state index in [1.807, 2.05) is 7.05 Å². The molecule has 0 spiro atoms. The molecule has 4 heterocycles. The smallest absolute Gasteiger partial charge is 0.242 e. The molecule has 3 aliphatic rings. The summed E-state index contributed by atoms with van der Waals surface area (Å²) < 4.78 is 28.9. The van der Waals surface area contributed by atoms with Gasteiger partial charge < -0.3 is 10.2 Å². The molecule has 0 aromatic carbocycles. The first-order valence-electron chi connectivity index (χ1n) is 7.17. The summed E-state index contributed by atoms with van der Waals surface area (Å²) >= 11 is 4.86. The summed E-state index contributed by atoms with van der Waals surface area (Å²) in [7, 11) is -1.60. The average molecular weight is 394 g/mol. The maximum Gasteiger partial charge on any atom is 0.242 e. The van der Waals surface area contributed by atoms with Crippen LogP contribution in [0.4, 0.5) is 0 Å². The van der Waals surface area contributed by atoms with Gasteiger partial charge in [-0.05, 0) is 60.9 Å². The second-order valence-electron chi connectivity index (χ2n) is 5.75. The molecule has 118 valence electrons. The van der Waals surface area contributed by atoms with E-state index in [1.54, 1.807) is 6.07 Å². The number of piperidine rings is 3. The van der Waals surface area contributed by atoms with Crippen LogP contribution in [0.1, 0.15) is 17.7 Å². The van der Waals surface area contributed by atoms with Gasteiger partial charge in [0.05, 0.1) is 3.79 Å². The normalized spacial score (nSPS) is 29.0. The van der Waals surface area contributed by atoms with Crippen molar-refractivity contribution >= 4 is 37.3 Å². The largest absolute Gasteiger partial charge is 0.315 e. The Kier molecular flexibility index (Phi) is 4.73. The van der Waals surface area contributed by atoms with Crippen molar-refractivity contribution in [3.05, 3.63) is 14.7 Å². The molecule has 3 aliphatic heterocycles. The molecule has 21 heavy (non-hydrogen) atoms. The molecule has 0 amide bonds. The molecule has 1 aromatic heterocycles. The Morgan fingerprint density at radius 2 is 2.14 bits per heavy atom. The van der Waals surface area contributed by atoms with Gasteiger partial charge in [0.2, 0.25) is 10.0 Å². The van der Waals surface area contributed by atoms with E-state index < -0.39 is 10.0 Å². The maximum atomic E-state index is 12.6. The maximum absolute atomic E-state index is 12.6. The van der Waals surface area contributed by atoms with Crippen LogP contribution in [0, 0.1) is 5.92 Å². The molecule has 0 aliphatic carbocycles. The van der Waals surface area contributed by atoms with Gasteiger partial charge >= 0.3 is 0 Å². The van der Waals surface area contributed by atoms with E-state index in [2.05, 4.69) is 30.9 Å². The van der Waals surface area contributed by atoms with Crippen LogP contribution in [-0.4, -0.2) is 46.0 Å². The van der Waals surface area contributed by atoms with Crippen molar-refractivity contribution < 1.29 is 8.42 Å². The Balaban J connectivity index is 1.77. The van der Waals surface area contributed by atoms with Gasteiger partial charge in [0.25, 0.3) is 0 Å². The van der Waals surface area contributed by atoms with Gasteiger partial charge in [-0.1, -0.05) is 0 Å². The van der Waals surface area contributed by atoms with Gasteiger partial charge in [-0.25, -0.2) is 13.1 Å². The van der Waals surface area contributed by atoms with Crippen LogP contribution in [0.5, 0.6) is 0 Å². The van der Waals surface area contributed by atoms with E-state index in [4.69, 9.17) is 0 Å². The molecule has 3 saturated heterocycles. The third-order valence-electron chi connectivity index (χ3n) is 4.31. The number of sulfonamides is 1. The SMILES string of the molecule is CNCc1cc(S(=O)(=O)NC2CN3CCC2CC3)c(Br)s1. The van der Waals surface area contributed by atoms with Crippen LogP contribution in [0.15, 0.2) is 14.7 Å². The molecular formula is C13H20BrN3O2S2. The molecule has 1 unspecified atom stereocenters. The van der Waals surface area contributed by atoms with Gasteiger partial charge in [-0.15, -0.1) is 11.3 Å². The molecule has 1 aromatic rings. The van der Waals surface area contributed by atoms with Gasteiger partial charge in [0.1, 0.15) is 4.90 Å². The predicted molar refractivity (Wildman–Crippen MR) is 88.1 cm³/mol. The van der Waals surface area contributed by atoms with Gasteiger partial charge in [0, 0.05) is 24.0 Å². The fourth-order valence-electron chi connectivity index (χ4n) is 3.20. The Bertz CT molecular complexity index is 609. The fourth-order valence-corrected chi connectivity index (χ4v) is 7.19. The molecule has 5 nitrogen and oxygen atoms in total. The number of rotatable bonds is 5. The molecule has 0 saturated carbocycles. The van der Waals surface area contributed by atoms with Gasteiger partial charge in [-0.2, -0.15) is 0 Å². The van der Waals surface area contributed by atoms with Crippen LogP contribution in [-0.2, 0) is 16.6 Å². The predicted octanol–water partition coefficient (Wildman–Crippen LogP) is 1.60. The standard InChI is InChI=1S/C13H20BrN3O2S2/c1-15-7-10-6-12(13(14)20-10)21(18,19)16-11-8-17-4-2-9(11)3-5-17/h6,9,11,15-16H,2-5,7-8H2,1H3. The number of hydrogen-bond acceptors (Lipinski definition) is 5. The number of fused-ring (bicyclic) bond motifs is 3. The zero-order valence-corrected chi connectivity index (χ0v) is 15.2. The second-order valence-corrected chi connectivity index (χ2v) is 9.88. The lowest BCUT2D eigenvalue weighted by Crippen LogP contribution is -2.57. The van der Waals surface area contributed by atoms with E-state index in [9.17, 15) is 8.42 Å². The van der Waals surface area contributed by atoms with Crippen molar-refractivity contribution in [3.63, 3.8) is 0 Å². The summed E-state index contributed by atoms with van der Waals surface area (Å²) in [4.78, 5) is 3.73. The molecule has 3 fully saturated rings. The van der Waals surface area contributed by atoms with E-state index in [1.165, 1.54) is 11.3 Å². The second kappa shape index (κ2) is 6.25. The van der Waals surface area contributed by atoms with Gasteiger partial charge in [-0.3, -0.25) is 0 Å². The number of halogens is 1. The van der Waals surface area contributed by atoms with Crippen molar-refractivity contribution in [1.82, 2.24) is 14.9 Å². The van der Waals surface area contributed by atoms with Gasteiger partial charge in [0.15, 0.2) is 0 Å². The zero-order valence-electron chi connectivity index (χ0n) is 11.9. The van der Waals surface area contributed by atoms with Crippen molar-refractivity contribution in [2.24, 2.45) is 5.92 Å². The first-order chi connectivity index (χ1) is 9.99. The minimum atomic E-state index is -3.45. The monoisotopic (exact) mass is 393 g/mol. The summed E-state index contributed by atoms with van der Waals surface area (Å²) in [5.41, 5.74) is 0. The minimum Gasteiger partial charge on any atom is -0.315 e. The molecule has 0 radical (unpaired) electrons. The molecule has 2 N–H and O–H groups in total. The van der Waals surface area contributed by atoms with Crippen LogP contribution in [0.3, 0.4) is 0 Å². The summed E-state index contributed by atoms with van der Waals surface area (Å²) in [6.45, 7) is 3.74. The first kappa shape index (κ1) is 15.9. The Labute approximate surface area is 138 Å². The highest BCUT2D eigenvalue weighted by atomic mass is 79.9. The van der Waals surface area contributed by atoms with Crippen molar-refractivity contribution in [1.29, 1.82) is 0 Å². The number of hydrogen-bond donors (Lipinski definition) is 2. The third kappa shape index (κ3) is 3.35. The number of thiophene rings is 1. The lowest BCUT2D eigenvalue weighted by Gasteiger charge is -2.44. The summed E-state index contributed by atoms with van der Waals surface area (Å²) in [6, 6.07) is 1.81. The molecular weight excluding hydrogens is 374 g/mol. The fraction of sp³-hybridized carbons (Fsp3) is 0.692. The zero-order chi connectivity index (χ0) is 15.0. The number of nitrogens with one attached hydrogen (secondary N) is 2. The first-order valence-corrected chi connectivity index (χ1v) is 10.3. The quantitative estimate of drug-likeness (QED) is 0.797. The highest BCUT2D eigenvalue weighted by Crippen LogP contribution is 2.33. The van der Waals surface area contributed by atoms with E-state index in [0.717, 1.165) is 37.4 Å². The Hall–Kier alpha value is 0.01000. The van der Waals surface area contributed by atoms with Crippen LogP contribution in [0.25, 0.3) is 0 Å². The lowest BCUT2D eigenvalue weighted by atomic mass is 9.85. The molecule has 4 rings (SSSR count). The topological polar surface area (TPSA) is 61.4 Å². The van der Waals surface area contributed by atoms with E-state index >= 15 is 0 Å². The molecule has 8 heteroatoms. The third-order valence-corrected chi connectivity index (χ3v) is 8.05.